The van der Waals surface area contributed by atoms with Gasteiger partial charge in [0.2, 0.25) is 0 Å². The Morgan fingerprint density at radius 1 is 1.32 bits per heavy atom. The molecule has 0 aliphatic carbocycles. The van der Waals surface area contributed by atoms with Crippen molar-refractivity contribution in [2.45, 2.75) is 13.3 Å². The van der Waals surface area contributed by atoms with Crippen molar-refractivity contribution in [3.63, 3.8) is 0 Å². The largest absolute Gasteiger partial charge is 0.493 e. The van der Waals surface area contributed by atoms with Crippen LogP contribution in [0.2, 0.25) is 0 Å². The molecule has 0 unspecified atom stereocenters. The summed E-state index contributed by atoms with van der Waals surface area (Å²) in [5.41, 5.74) is 1.21. The van der Waals surface area contributed by atoms with Crippen molar-refractivity contribution < 1.29 is 19.2 Å². The van der Waals surface area contributed by atoms with E-state index in [0.717, 1.165) is 11.3 Å². The Balaban J connectivity index is 1.75. The highest BCUT2D eigenvalue weighted by molar-refractivity contribution is 5.99. The number of carbonyl (C=O) groups is 1. The summed E-state index contributed by atoms with van der Waals surface area (Å²) in [4.78, 5) is 27.8. The van der Waals surface area contributed by atoms with Crippen LogP contribution in [0, 0.1) is 10.1 Å². The van der Waals surface area contributed by atoms with Crippen molar-refractivity contribution in [2.75, 3.05) is 20.3 Å². The first-order valence-corrected chi connectivity index (χ1v) is 8.73. The Hall–Kier alpha value is -3.62. The minimum atomic E-state index is -0.616. The monoisotopic (exact) mass is 384 g/mol. The fourth-order valence-corrected chi connectivity index (χ4v) is 2.82. The number of nitrogens with one attached hydrogen (secondary N) is 1. The Morgan fingerprint density at radius 2 is 2.14 bits per heavy atom. The summed E-state index contributed by atoms with van der Waals surface area (Å²) < 4.78 is 12.4. The van der Waals surface area contributed by atoms with Gasteiger partial charge >= 0.3 is 0 Å². The fourth-order valence-electron chi connectivity index (χ4n) is 2.82. The van der Waals surface area contributed by atoms with Crippen molar-refractivity contribution >= 4 is 17.2 Å². The number of nitro groups is 1. The lowest BCUT2D eigenvalue weighted by atomic mass is 10.1. The summed E-state index contributed by atoms with van der Waals surface area (Å²) in [6.07, 6.45) is 4.26. The van der Waals surface area contributed by atoms with E-state index in [4.69, 9.17) is 9.47 Å². The minimum absolute atomic E-state index is 0.0794. The van der Waals surface area contributed by atoms with E-state index in [-0.39, 0.29) is 29.3 Å². The van der Waals surface area contributed by atoms with E-state index in [1.54, 1.807) is 6.92 Å². The Labute approximate surface area is 161 Å². The molecule has 1 N–H and O–H groups in total. The number of imidazole rings is 1. The molecule has 0 fully saturated rings. The smallest absolute Gasteiger partial charge is 0.286 e. The van der Waals surface area contributed by atoms with Gasteiger partial charge in [0.25, 0.3) is 11.6 Å². The summed E-state index contributed by atoms with van der Waals surface area (Å²) in [6, 6.07) is 8.21. The van der Waals surface area contributed by atoms with Crippen LogP contribution in [0.4, 0.5) is 5.69 Å². The first-order valence-electron chi connectivity index (χ1n) is 8.73. The summed E-state index contributed by atoms with van der Waals surface area (Å²) in [7, 11) is 1.39. The number of methoxy groups -OCH3 is 1. The Bertz CT molecular complexity index is 982. The second kappa shape index (κ2) is 8.38. The first kappa shape index (κ1) is 19.2. The van der Waals surface area contributed by atoms with Crippen LogP contribution in [-0.4, -0.2) is 40.5 Å². The molecule has 3 aromatic rings. The molecule has 9 nitrogen and oxygen atoms in total. The van der Waals surface area contributed by atoms with Crippen LogP contribution < -0.4 is 14.8 Å². The van der Waals surface area contributed by atoms with Gasteiger partial charge in [-0.15, -0.1) is 0 Å². The highest BCUT2D eigenvalue weighted by Crippen LogP contribution is 2.34. The van der Waals surface area contributed by atoms with Gasteiger partial charge in [0.1, 0.15) is 11.2 Å². The molecule has 9 heteroatoms. The zero-order chi connectivity index (χ0) is 20.1. The number of benzene rings is 1. The normalized spacial score (nSPS) is 10.6. The highest BCUT2D eigenvalue weighted by Gasteiger charge is 2.24. The first-order chi connectivity index (χ1) is 13.5. The van der Waals surface area contributed by atoms with E-state index >= 15 is 0 Å². The van der Waals surface area contributed by atoms with Gasteiger partial charge in [0.15, 0.2) is 11.5 Å². The highest BCUT2D eigenvalue weighted by atomic mass is 16.6. The molecule has 0 saturated carbocycles. The molecule has 146 valence electrons. The molecule has 0 saturated heterocycles. The summed E-state index contributed by atoms with van der Waals surface area (Å²) in [5, 5.41) is 14.1. The van der Waals surface area contributed by atoms with E-state index in [0.29, 0.717) is 13.0 Å². The van der Waals surface area contributed by atoms with Gasteiger partial charge in [-0.1, -0.05) is 6.07 Å². The molecule has 1 amide bonds. The third-order valence-corrected chi connectivity index (χ3v) is 4.10. The minimum Gasteiger partial charge on any atom is -0.493 e. The van der Waals surface area contributed by atoms with Crippen LogP contribution in [0.5, 0.6) is 11.5 Å². The number of hydrogen-bond acceptors (Lipinski definition) is 6. The number of hydrogen-bond donors (Lipinski definition) is 1. The lowest BCUT2D eigenvalue weighted by molar-refractivity contribution is -0.385. The van der Waals surface area contributed by atoms with Crippen molar-refractivity contribution in [1.29, 1.82) is 0 Å². The molecule has 1 aromatic carbocycles. The molecular weight excluding hydrogens is 364 g/mol. The quantitative estimate of drug-likeness (QED) is 0.472. The molecule has 0 aliphatic rings. The van der Waals surface area contributed by atoms with Crippen LogP contribution in [0.15, 0.2) is 42.7 Å². The zero-order valence-electron chi connectivity index (χ0n) is 15.5. The van der Waals surface area contributed by atoms with E-state index in [9.17, 15) is 14.9 Å². The number of pyridine rings is 1. The molecule has 2 aromatic heterocycles. The van der Waals surface area contributed by atoms with Gasteiger partial charge in [-0.05, 0) is 19.1 Å². The van der Waals surface area contributed by atoms with Crippen molar-refractivity contribution in [3.05, 3.63) is 64.1 Å². The number of amides is 1. The van der Waals surface area contributed by atoms with Crippen molar-refractivity contribution in [2.24, 2.45) is 0 Å². The van der Waals surface area contributed by atoms with E-state index < -0.39 is 10.8 Å². The van der Waals surface area contributed by atoms with Gasteiger partial charge in [-0.25, -0.2) is 4.98 Å². The van der Waals surface area contributed by atoms with Crippen LogP contribution in [0.3, 0.4) is 0 Å². The molecule has 0 radical (unpaired) electrons. The molecule has 0 atom stereocenters. The van der Waals surface area contributed by atoms with Gasteiger partial charge in [-0.2, -0.15) is 0 Å². The van der Waals surface area contributed by atoms with Gasteiger partial charge < -0.3 is 19.2 Å². The molecule has 0 bridgehead atoms. The molecule has 3 rings (SSSR count). The molecule has 28 heavy (non-hydrogen) atoms. The number of rotatable bonds is 8. The second-order valence-electron chi connectivity index (χ2n) is 5.91. The van der Waals surface area contributed by atoms with E-state index in [1.807, 2.05) is 35.0 Å². The number of nitrogens with zero attached hydrogens (tertiary/aromatic N) is 3. The fraction of sp³-hybridized carbons (Fsp3) is 0.263. The number of aromatic nitrogens is 2. The average molecular weight is 384 g/mol. The number of ether oxygens (including phenoxy) is 2. The number of nitro benzene ring substituents is 1. The maximum atomic E-state index is 12.6. The van der Waals surface area contributed by atoms with E-state index in [2.05, 4.69) is 10.3 Å². The molecule has 0 spiro atoms. The van der Waals surface area contributed by atoms with Crippen LogP contribution in [0.25, 0.3) is 5.65 Å². The third kappa shape index (κ3) is 4.03. The van der Waals surface area contributed by atoms with Crippen LogP contribution in [0.1, 0.15) is 23.0 Å². The van der Waals surface area contributed by atoms with Crippen molar-refractivity contribution in [1.82, 2.24) is 14.7 Å². The summed E-state index contributed by atoms with van der Waals surface area (Å²) in [6.45, 7) is 2.40. The van der Waals surface area contributed by atoms with Gasteiger partial charge in [0.05, 0.1) is 30.4 Å². The Kier molecular flexibility index (Phi) is 5.73. The van der Waals surface area contributed by atoms with Crippen molar-refractivity contribution in [3.8, 4) is 11.5 Å². The predicted octanol–water partition coefficient (Wildman–Crippen LogP) is 2.62. The lowest BCUT2D eigenvalue weighted by Crippen LogP contribution is -2.26. The molecule has 2 heterocycles. The van der Waals surface area contributed by atoms with Gasteiger partial charge in [0, 0.05) is 31.4 Å². The number of fused-ring (bicyclic) bond motifs is 1. The lowest BCUT2D eigenvalue weighted by Gasteiger charge is -2.12. The topological polar surface area (TPSA) is 108 Å². The SMILES string of the molecule is CCOc1cc(C(=O)NCCc2cn3ccccc3n2)c([N+](=O)[O-])cc1OC. The second-order valence-corrected chi connectivity index (χ2v) is 5.91. The van der Waals surface area contributed by atoms with Crippen LogP contribution >= 0.6 is 0 Å². The van der Waals surface area contributed by atoms with E-state index in [1.165, 1.54) is 19.2 Å². The zero-order valence-corrected chi connectivity index (χ0v) is 15.5. The number of carbonyl (C=O) groups excluding carboxylic acids is 1. The maximum absolute atomic E-state index is 12.6. The summed E-state index contributed by atoms with van der Waals surface area (Å²) >= 11 is 0. The predicted molar refractivity (Wildman–Crippen MR) is 102 cm³/mol. The molecule has 0 aliphatic heterocycles. The third-order valence-electron chi connectivity index (χ3n) is 4.10. The summed E-state index contributed by atoms with van der Waals surface area (Å²) in [5.74, 6) is -0.0741. The Morgan fingerprint density at radius 3 is 2.82 bits per heavy atom. The standard InChI is InChI=1S/C19H20N4O5/c1-3-28-17-10-14(15(23(25)26)11-16(17)27-2)19(24)20-8-7-13-12-22-9-5-4-6-18(22)21-13/h4-6,9-12H,3,7-8H2,1-2H3,(H,20,24). The van der Waals surface area contributed by atoms with Gasteiger partial charge in [-0.3, -0.25) is 14.9 Å². The molecular formula is C19H20N4O5. The maximum Gasteiger partial charge on any atom is 0.286 e. The average Bonchev–Trinajstić information content (AvgIpc) is 3.10. The van der Waals surface area contributed by atoms with Crippen LogP contribution in [-0.2, 0) is 6.42 Å².